The molecule has 0 fully saturated rings. The lowest BCUT2D eigenvalue weighted by Gasteiger charge is -2.09. The number of anilines is 1. The summed E-state index contributed by atoms with van der Waals surface area (Å²) in [5.41, 5.74) is 1.13. The molecule has 0 atom stereocenters. The summed E-state index contributed by atoms with van der Waals surface area (Å²) in [7, 11) is -3.44. The number of hydrogen-bond acceptors (Lipinski definition) is 5. The molecule has 0 radical (unpaired) electrons. The Kier molecular flexibility index (Phi) is 4.64. The van der Waals surface area contributed by atoms with Gasteiger partial charge in [-0.1, -0.05) is 47.7 Å². The minimum Gasteiger partial charge on any atom is -0.298 e. The fourth-order valence-electron chi connectivity index (χ4n) is 2.97. The molecule has 0 aliphatic carbocycles. The summed E-state index contributed by atoms with van der Waals surface area (Å²) in [6.07, 6.45) is 0. The van der Waals surface area contributed by atoms with Crippen LogP contribution >= 0.6 is 11.3 Å². The number of nitrogens with zero attached hydrogens (tertiary/aromatic N) is 1. The molecule has 28 heavy (non-hydrogen) atoms. The van der Waals surface area contributed by atoms with Gasteiger partial charge >= 0.3 is 0 Å². The van der Waals surface area contributed by atoms with Crippen molar-refractivity contribution in [3.63, 3.8) is 0 Å². The summed E-state index contributed by atoms with van der Waals surface area (Å²) in [5, 5.41) is 4.84. The van der Waals surface area contributed by atoms with Crippen LogP contribution in [0.2, 0.25) is 0 Å². The monoisotopic (exact) mass is 410 g/mol. The number of amides is 1. The lowest BCUT2D eigenvalue weighted by molar-refractivity contribution is 0.102. The van der Waals surface area contributed by atoms with Crippen molar-refractivity contribution < 1.29 is 13.2 Å². The lowest BCUT2D eigenvalue weighted by atomic mass is 10.1. The molecule has 0 unspecified atom stereocenters. The number of rotatable bonds is 4. The molecule has 5 nitrogen and oxygen atoms in total. The highest BCUT2D eigenvalue weighted by atomic mass is 32.2. The van der Waals surface area contributed by atoms with Crippen molar-refractivity contribution in [2.45, 2.75) is 24.0 Å². The Bertz CT molecular complexity index is 1310. The topological polar surface area (TPSA) is 76.1 Å². The SMILES string of the molecule is CC(C)S(=O)(=O)c1cccc(C(=O)Nc2nc3c(ccc4ccccc43)s2)c1. The van der Waals surface area contributed by atoms with Gasteiger partial charge in [-0.3, -0.25) is 10.1 Å². The molecular formula is C21H18N2O3S2. The van der Waals surface area contributed by atoms with Crippen LogP contribution in [0.25, 0.3) is 21.0 Å². The van der Waals surface area contributed by atoms with E-state index in [0.717, 1.165) is 21.0 Å². The fourth-order valence-corrected chi connectivity index (χ4v) is 4.95. The van der Waals surface area contributed by atoms with E-state index in [9.17, 15) is 13.2 Å². The van der Waals surface area contributed by atoms with Gasteiger partial charge in [0, 0.05) is 10.9 Å². The average molecular weight is 411 g/mol. The van der Waals surface area contributed by atoms with Crippen LogP contribution in [0.4, 0.5) is 5.13 Å². The van der Waals surface area contributed by atoms with Gasteiger partial charge in [-0.25, -0.2) is 13.4 Å². The summed E-state index contributed by atoms with van der Waals surface area (Å²) >= 11 is 1.39. The first-order chi connectivity index (χ1) is 13.4. The van der Waals surface area contributed by atoms with Crippen molar-refractivity contribution in [1.82, 2.24) is 4.98 Å². The van der Waals surface area contributed by atoms with E-state index in [-0.39, 0.29) is 16.4 Å². The number of carbonyl (C=O) groups excluding carboxylic acids is 1. The number of carbonyl (C=O) groups is 1. The molecule has 1 amide bonds. The van der Waals surface area contributed by atoms with E-state index < -0.39 is 15.1 Å². The van der Waals surface area contributed by atoms with E-state index in [1.807, 2.05) is 36.4 Å². The van der Waals surface area contributed by atoms with Crippen LogP contribution < -0.4 is 5.32 Å². The fraction of sp³-hybridized carbons (Fsp3) is 0.143. The van der Waals surface area contributed by atoms with Crippen molar-refractivity contribution in [3.05, 3.63) is 66.2 Å². The third-order valence-corrected chi connectivity index (χ3v) is 7.64. The van der Waals surface area contributed by atoms with Gasteiger partial charge in [0.1, 0.15) is 0 Å². The molecule has 7 heteroatoms. The van der Waals surface area contributed by atoms with E-state index in [4.69, 9.17) is 0 Å². The minimum absolute atomic E-state index is 0.144. The van der Waals surface area contributed by atoms with E-state index in [1.54, 1.807) is 26.0 Å². The van der Waals surface area contributed by atoms with Crippen molar-refractivity contribution in [2.24, 2.45) is 0 Å². The van der Waals surface area contributed by atoms with Crippen molar-refractivity contribution in [3.8, 4) is 0 Å². The molecule has 1 heterocycles. The second-order valence-electron chi connectivity index (χ2n) is 6.73. The molecule has 0 aliphatic rings. The molecular weight excluding hydrogens is 392 g/mol. The zero-order valence-corrected chi connectivity index (χ0v) is 17.0. The Morgan fingerprint density at radius 2 is 1.82 bits per heavy atom. The van der Waals surface area contributed by atoms with E-state index >= 15 is 0 Å². The second-order valence-corrected chi connectivity index (χ2v) is 10.3. The van der Waals surface area contributed by atoms with Gasteiger partial charge in [-0.2, -0.15) is 0 Å². The Morgan fingerprint density at radius 3 is 2.61 bits per heavy atom. The van der Waals surface area contributed by atoms with Crippen LogP contribution in [0.1, 0.15) is 24.2 Å². The largest absolute Gasteiger partial charge is 0.298 e. The van der Waals surface area contributed by atoms with Crippen LogP contribution in [0.3, 0.4) is 0 Å². The van der Waals surface area contributed by atoms with Gasteiger partial charge in [0.25, 0.3) is 5.91 Å². The smallest absolute Gasteiger partial charge is 0.257 e. The molecule has 3 aromatic carbocycles. The van der Waals surface area contributed by atoms with Gasteiger partial charge in [0.05, 0.1) is 20.4 Å². The molecule has 142 valence electrons. The molecule has 4 rings (SSSR count). The highest BCUT2D eigenvalue weighted by Gasteiger charge is 2.20. The number of aromatic nitrogens is 1. The quantitative estimate of drug-likeness (QED) is 0.520. The van der Waals surface area contributed by atoms with Crippen LogP contribution in [-0.2, 0) is 9.84 Å². The number of thiazole rings is 1. The van der Waals surface area contributed by atoms with Crippen LogP contribution in [0, 0.1) is 0 Å². The minimum atomic E-state index is -3.44. The molecule has 0 bridgehead atoms. The Labute approximate surface area is 167 Å². The molecule has 1 aromatic heterocycles. The van der Waals surface area contributed by atoms with Crippen molar-refractivity contribution in [2.75, 3.05) is 5.32 Å². The zero-order chi connectivity index (χ0) is 19.9. The number of nitrogens with one attached hydrogen (secondary N) is 1. The number of sulfone groups is 1. The summed E-state index contributed by atoms with van der Waals surface area (Å²) in [6, 6.07) is 18.1. The van der Waals surface area contributed by atoms with Crippen molar-refractivity contribution in [1.29, 1.82) is 0 Å². The first kappa shape index (κ1) is 18.6. The third kappa shape index (κ3) is 3.27. The summed E-state index contributed by atoms with van der Waals surface area (Å²) in [5.74, 6) is -0.385. The maximum Gasteiger partial charge on any atom is 0.257 e. The van der Waals surface area contributed by atoms with Gasteiger partial charge in [0.15, 0.2) is 15.0 Å². The first-order valence-electron chi connectivity index (χ1n) is 8.80. The predicted molar refractivity (Wildman–Crippen MR) is 114 cm³/mol. The molecule has 1 N–H and O–H groups in total. The number of benzene rings is 3. The van der Waals surface area contributed by atoms with Gasteiger partial charge in [-0.15, -0.1) is 0 Å². The predicted octanol–water partition coefficient (Wildman–Crippen LogP) is 4.88. The standard InChI is InChI=1S/C21H18N2O3S2/c1-13(2)28(25,26)16-8-5-7-15(12-16)20(24)23-21-22-19-17-9-4-3-6-14(17)10-11-18(19)27-21/h3-13H,1-2H3,(H,22,23,24). The summed E-state index contributed by atoms with van der Waals surface area (Å²) in [6.45, 7) is 3.24. The van der Waals surface area contributed by atoms with E-state index in [2.05, 4.69) is 10.3 Å². The normalized spacial score (nSPS) is 12.0. The third-order valence-electron chi connectivity index (χ3n) is 4.55. The second kappa shape index (κ2) is 7.00. The number of hydrogen-bond donors (Lipinski definition) is 1. The molecule has 0 saturated carbocycles. The molecule has 0 saturated heterocycles. The average Bonchev–Trinajstić information content (AvgIpc) is 3.11. The Morgan fingerprint density at radius 1 is 1.04 bits per heavy atom. The summed E-state index contributed by atoms with van der Waals surface area (Å²) in [4.78, 5) is 17.4. The highest BCUT2D eigenvalue weighted by molar-refractivity contribution is 7.92. The summed E-state index contributed by atoms with van der Waals surface area (Å²) < 4.78 is 25.7. The van der Waals surface area contributed by atoms with Crippen LogP contribution in [-0.4, -0.2) is 24.6 Å². The molecule has 4 aromatic rings. The highest BCUT2D eigenvalue weighted by Crippen LogP contribution is 2.32. The zero-order valence-electron chi connectivity index (χ0n) is 15.3. The van der Waals surface area contributed by atoms with Gasteiger partial charge in [0.2, 0.25) is 0 Å². The van der Waals surface area contributed by atoms with E-state index in [0.29, 0.717) is 5.13 Å². The maximum atomic E-state index is 12.7. The van der Waals surface area contributed by atoms with Crippen molar-refractivity contribution >= 4 is 53.2 Å². The number of fused-ring (bicyclic) bond motifs is 3. The molecule has 0 aliphatic heterocycles. The first-order valence-corrected chi connectivity index (χ1v) is 11.2. The van der Waals surface area contributed by atoms with E-state index in [1.165, 1.54) is 23.5 Å². The van der Waals surface area contributed by atoms with Gasteiger partial charge in [-0.05, 0) is 43.5 Å². The molecule has 0 spiro atoms. The Balaban J connectivity index is 1.67. The Hall–Kier alpha value is -2.77. The van der Waals surface area contributed by atoms with Crippen LogP contribution in [0.15, 0.2) is 65.6 Å². The van der Waals surface area contributed by atoms with Crippen LogP contribution in [0.5, 0.6) is 0 Å². The van der Waals surface area contributed by atoms with Gasteiger partial charge < -0.3 is 0 Å². The lowest BCUT2D eigenvalue weighted by Crippen LogP contribution is -2.16. The maximum absolute atomic E-state index is 12.7.